The van der Waals surface area contributed by atoms with E-state index in [0.717, 1.165) is 22.0 Å². The van der Waals surface area contributed by atoms with Crippen molar-refractivity contribution in [3.8, 4) is 17.1 Å². The summed E-state index contributed by atoms with van der Waals surface area (Å²) in [7, 11) is 0. The number of nitrogens with zero attached hydrogens (tertiary/aromatic N) is 2. The second-order valence-electron chi connectivity index (χ2n) is 9.43. The van der Waals surface area contributed by atoms with Crippen molar-refractivity contribution < 1.29 is 23.8 Å². The number of benzene rings is 2. The zero-order valence-corrected chi connectivity index (χ0v) is 21.5. The molecule has 2 aromatic carbocycles. The van der Waals surface area contributed by atoms with Crippen molar-refractivity contribution in [2.24, 2.45) is 0 Å². The van der Waals surface area contributed by atoms with Crippen LogP contribution in [0.1, 0.15) is 35.6 Å². The maximum atomic E-state index is 13.6. The van der Waals surface area contributed by atoms with E-state index in [0.29, 0.717) is 34.3 Å². The number of pyridine rings is 2. The van der Waals surface area contributed by atoms with Crippen LogP contribution < -0.4 is 10.3 Å². The van der Waals surface area contributed by atoms with Gasteiger partial charge in [-0.15, -0.1) is 0 Å². The monoisotopic (exact) mass is 530 g/mol. The third kappa shape index (κ3) is 3.75. The van der Waals surface area contributed by atoms with Gasteiger partial charge in [-0.1, -0.05) is 36.7 Å². The molecule has 0 fully saturated rings. The quantitative estimate of drug-likeness (QED) is 0.305. The number of rotatable bonds is 5. The minimum absolute atomic E-state index is 0.0748. The molecule has 0 spiro atoms. The maximum Gasteiger partial charge on any atom is 0.355 e. The predicted molar refractivity (Wildman–Crippen MR) is 140 cm³/mol. The van der Waals surface area contributed by atoms with Crippen molar-refractivity contribution in [2.75, 3.05) is 6.61 Å². The summed E-state index contributed by atoms with van der Waals surface area (Å²) in [6, 6.07) is 16.5. The molecule has 38 heavy (non-hydrogen) atoms. The van der Waals surface area contributed by atoms with Gasteiger partial charge >= 0.3 is 11.9 Å². The first-order valence-electron chi connectivity index (χ1n) is 12.2. The summed E-state index contributed by atoms with van der Waals surface area (Å²) >= 11 is 5.99. The molecular weight excluding hydrogens is 508 g/mol. The number of cyclic esters (lactones) is 1. The van der Waals surface area contributed by atoms with Gasteiger partial charge in [0.05, 0.1) is 29.0 Å². The zero-order chi connectivity index (χ0) is 26.6. The van der Waals surface area contributed by atoms with Gasteiger partial charge in [0.2, 0.25) is 5.60 Å². The van der Waals surface area contributed by atoms with Crippen LogP contribution in [-0.4, -0.2) is 28.1 Å². The number of esters is 2. The Labute approximate surface area is 222 Å². The van der Waals surface area contributed by atoms with E-state index in [1.807, 2.05) is 30.3 Å². The number of ether oxygens (including phenoxy) is 3. The number of fused-ring (bicyclic) bond motifs is 5. The number of carbonyl (C=O) groups excluding carboxylic acids is 2. The average Bonchev–Trinajstić information content (AvgIpc) is 3.26. The number of hydrogen-bond donors (Lipinski definition) is 0. The van der Waals surface area contributed by atoms with E-state index in [-0.39, 0.29) is 24.2 Å². The largest absolute Gasteiger partial charge is 0.482 e. The molecule has 0 unspecified atom stereocenters. The smallest absolute Gasteiger partial charge is 0.355 e. The first kappa shape index (κ1) is 24.2. The van der Waals surface area contributed by atoms with E-state index in [2.05, 4.69) is 0 Å². The Hall–Kier alpha value is -4.17. The fraction of sp³-hybridized carbons (Fsp3) is 0.241. The Morgan fingerprint density at radius 3 is 2.76 bits per heavy atom. The fourth-order valence-electron chi connectivity index (χ4n) is 5.22. The lowest BCUT2D eigenvalue weighted by atomic mass is 9.85. The van der Waals surface area contributed by atoms with Crippen LogP contribution in [0.4, 0.5) is 0 Å². The molecule has 2 aliphatic rings. The molecule has 4 aromatic rings. The van der Waals surface area contributed by atoms with Crippen molar-refractivity contribution in [3.05, 3.63) is 92.2 Å². The van der Waals surface area contributed by atoms with Gasteiger partial charge in [-0.2, -0.15) is 0 Å². The van der Waals surface area contributed by atoms with Gasteiger partial charge in [0.25, 0.3) is 5.56 Å². The van der Waals surface area contributed by atoms with Crippen LogP contribution in [0.5, 0.6) is 5.75 Å². The summed E-state index contributed by atoms with van der Waals surface area (Å²) in [4.78, 5) is 44.5. The molecular formula is C29H23ClN2O6. The van der Waals surface area contributed by atoms with Crippen molar-refractivity contribution in [3.63, 3.8) is 0 Å². The van der Waals surface area contributed by atoms with Crippen molar-refractivity contribution in [1.82, 2.24) is 9.55 Å². The SMILES string of the molecule is CC[C@@]1(OC(=O)COc2ccc(Cl)cc2C)C(=O)OCc2c1cc1n(c2=O)Cc2cc3ccccc3nc2-1. The molecule has 192 valence electrons. The second kappa shape index (κ2) is 8.99. The third-order valence-corrected chi connectivity index (χ3v) is 7.39. The molecule has 0 aliphatic carbocycles. The number of carbonyl (C=O) groups is 2. The Kier molecular flexibility index (Phi) is 5.72. The summed E-state index contributed by atoms with van der Waals surface area (Å²) in [5.41, 5.74) is 2.23. The van der Waals surface area contributed by atoms with Gasteiger partial charge in [-0.05, 0) is 55.3 Å². The lowest BCUT2D eigenvalue weighted by Crippen LogP contribution is -2.48. The van der Waals surface area contributed by atoms with Gasteiger partial charge in [0, 0.05) is 21.5 Å². The topological polar surface area (TPSA) is 96.7 Å². The number of para-hydroxylation sites is 1. The van der Waals surface area contributed by atoms with E-state index in [4.69, 9.17) is 30.8 Å². The van der Waals surface area contributed by atoms with Gasteiger partial charge in [0.15, 0.2) is 6.61 Å². The standard InChI is InChI=1S/C29H23ClN2O6/c1-3-29(38-25(33)15-36-24-9-8-19(30)10-16(24)2)21-12-23-26-18(11-17-6-4-5-7-22(17)31-26)13-32(23)27(34)20(21)14-37-28(29)35/h4-12H,3,13-15H2,1-2H3/t29-/m0/s1. The summed E-state index contributed by atoms with van der Waals surface area (Å²) in [5, 5.41) is 1.52. The van der Waals surface area contributed by atoms with Gasteiger partial charge in [-0.3, -0.25) is 4.79 Å². The van der Waals surface area contributed by atoms with Crippen LogP contribution in [0.3, 0.4) is 0 Å². The Balaban J connectivity index is 1.39. The lowest BCUT2D eigenvalue weighted by Gasteiger charge is -2.35. The van der Waals surface area contributed by atoms with Crippen LogP contribution in [0.25, 0.3) is 22.3 Å². The highest BCUT2D eigenvalue weighted by Crippen LogP contribution is 2.41. The molecule has 0 N–H and O–H groups in total. The van der Waals surface area contributed by atoms with Gasteiger partial charge in [0.1, 0.15) is 12.4 Å². The first-order valence-corrected chi connectivity index (χ1v) is 12.6. The molecule has 2 aliphatic heterocycles. The summed E-state index contributed by atoms with van der Waals surface area (Å²) in [6.07, 6.45) is 0.0748. The molecule has 1 atom stereocenters. The maximum absolute atomic E-state index is 13.6. The molecule has 2 aromatic heterocycles. The van der Waals surface area contributed by atoms with Crippen molar-refractivity contribution in [2.45, 2.75) is 39.0 Å². The van der Waals surface area contributed by atoms with Crippen molar-refractivity contribution in [1.29, 1.82) is 0 Å². The van der Waals surface area contributed by atoms with Crippen LogP contribution in [-0.2, 0) is 37.8 Å². The molecule has 0 saturated carbocycles. The summed E-state index contributed by atoms with van der Waals surface area (Å²) in [5.74, 6) is -1.02. The Morgan fingerprint density at radius 1 is 1.16 bits per heavy atom. The highest BCUT2D eigenvalue weighted by Gasteiger charge is 2.50. The number of aromatic nitrogens is 2. The zero-order valence-electron chi connectivity index (χ0n) is 20.7. The van der Waals surface area contributed by atoms with E-state index in [9.17, 15) is 14.4 Å². The van der Waals surface area contributed by atoms with Crippen LogP contribution in [0.2, 0.25) is 5.02 Å². The molecule has 4 heterocycles. The Bertz CT molecular complexity index is 1710. The third-order valence-electron chi connectivity index (χ3n) is 7.16. The molecule has 9 heteroatoms. The van der Waals surface area contributed by atoms with E-state index in [1.165, 1.54) is 0 Å². The highest BCUT2D eigenvalue weighted by atomic mass is 35.5. The van der Waals surface area contributed by atoms with E-state index in [1.54, 1.807) is 42.7 Å². The molecule has 0 saturated heterocycles. The molecule has 0 bridgehead atoms. The summed E-state index contributed by atoms with van der Waals surface area (Å²) in [6.45, 7) is 3.23. The number of aryl methyl sites for hydroxylation is 1. The van der Waals surface area contributed by atoms with E-state index >= 15 is 0 Å². The molecule has 0 amide bonds. The minimum atomic E-state index is -1.78. The second-order valence-corrected chi connectivity index (χ2v) is 9.87. The number of halogens is 1. The predicted octanol–water partition coefficient (Wildman–Crippen LogP) is 4.67. The fourth-order valence-corrected chi connectivity index (χ4v) is 5.44. The minimum Gasteiger partial charge on any atom is -0.482 e. The molecule has 6 rings (SSSR count). The van der Waals surface area contributed by atoms with Gasteiger partial charge in [-0.25, -0.2) is 14.6 Å². The average molecular weight is 531 g/mol. The summed E-state index contributed by atoms with van der Waals surface area (Å²) < 4.78 is 18.4. The van der Waals surface area contributed by atoms with Crippen LogP contribution in [0, 0.1) is 6.92 Å². The lowest BCUT2D eigenvalue weighted by molar-refractivity contribution is -0.190. The highest BCUT2D eigenvalue weighted by molar-refractivity contribution is 6.30. The Morgan fingerprint density at radius 2 is 1.97 bits per heavy atom. The molecule has 0 radical (unpaired) electrons. The van der Waals surface area contributed by atoms with Crippen LogP contribution in [0.15, 0.2) is 59.4 Å². The van der Waals surface area contributed by atoms with Gasteiger partial charge < -0.3 is 18.8 Å². The van der Waals surface area contributed by atoms with E-state index < -0.39 is 24.1 Å². The number of hydrogen-bond acceptors (Lipinski definition) is 7. The van der Waals surface area contributed by atoms with Crippen molar-refractivity contribution >= 4 is 34.4 Å². The van der Waals surface area contributed by atoms with Crippen LogP contribution >= 0.6 is 11.6 Å². The first-order chi connectivity index (χ1) is 18.3. The molecule has 8 nitrogen and oxygen atoms in total. The normalized spacial score (nSPS) is 17.4.